The molecule has 3 unspecified atom stereocenters. The molecule has 0 heterocycles. The number of carbonyl (C=O) groups is 1. The number of alkyl halides is 51. The van der Waals surface area contributed by atoms with Crippen molar-refractivity contribution in [3.63, 3.8) is 0 Å². The van der Waals surface area contributed by atoms with Gasteiger partial charge in [0.1, 0.15) is 0 Å². The molecule has 3 atom stereocenters. The van der Waals surface area contributed by atoms with Crippen LogP contribution in [0.3, 0.4) is 0 Å². The number of rotatable bonds is 19. The Morgan fingerprint density at radius 3 is 0.482 bits per heavy atom. The molecule has 1 radical (unpaired) electrons. The Morgan fingerprint density at radius 1 is 0.224 bits per heavy atom. The van der Waals surface area contributed by atoms with Crippen molar-refractivity contribution in [2.24, 2.45) is 0 Å². The molecule has 0 aliphatic heterocycles. The van der Waals surface area contributed by atoms with E-state index >= 15 is 39.5 Å². The van der Waals surface area contributed by atoms with Crippen molar-refractivity contribution < 1.29 is 234 Å². The zero-order valence-electron chi connectivity index (χ0n) is 36.5. The van der Waals surface area contributed by atoms with E-state index < -0.39 is 163 Å². The zero-order chi connectivity index (χ0) is 70.3. The Labute approximate surface area is 432 Å². The number of hydrogen-bond acceptors (Lipinski definition) is 1. The van der Waals surface area contributed by atoms with E-state index in [1.54, 1.807) is 30.3 Å². The monoisotopic (exact) mass is 1500 g/mol. The van der Waals surface area contributed by atoms with Gasteiger partial charge in [0.25, 0.3) is 0 Å². The number of aromatic carboxylic acids is 1. The van der Waals surface area contributed by atoms with E-state index in [1.165, 1.54) is 0 Å². The SMILES string of the molecule is FC(F)(F)C(F)(F)C(F)(F)C(F)(F)C(F)(F)C(F)(F)[C](F)([Sn]([C](F)(C(F)(F)F)C(F)(F)C(F)(F)C(F)(F)C(F)(F)C(F)(F)C(F)(F)F)[C](F)(C(F)(F)F)C(F)(F)C(F)(F)C(F)(F)C(F)(F)C(F)(F)C(F)(F)F)C(F)(F)F.O=C(O)c1ccccc1. The van der Waals surface area contributed by atoms with Gasteiger partial charge in [-0.15, -0.1) is 0 Å². The van der Waals surface area contributed by atoms with Gasteiger partial charge in [0.2, 0.25) is 0 Å². The van der Waals surface area contributed by atoms with Gasteiger partial charge in [-0.3, -0.25) is 0 Å². The molecular weight excluding hydrogens is 1490 g/mol. The van der Waals surface area contributed by atoms with Gasteiger partial charge >= 0.3 is 387 Å². The van der Waals surface area contributed by atoms with E-state index in [9.17, 15) is 189 Å². The van der Waals surface area contributed by atoms with Crippen LogP contribution in [0.5, 0.6) is 0 Å². The fourth-order valence-electron chi connectivity index (χ4n) is 5.68. The van der Waals surface area contributed by atoms with Gasteiger partial charge in [0.15, 0.2) is 0 Å². The maximum atomic E-state index is 16.2. The second-order valence-corrected chi connectivity index (χ2v) is 23.7. The van der Waals surface area contributed by atoms with Crippen molar-refractivity contribution in [1.82, 2.24) is 0 Å². The topological polar surface area (TPSA) is 37.3 Å². The second-order valence-electron chi connectivity index (χ2n) is 15.6. The smallest absolute Gasteiger partial charge is 0.335 e. The molecule has 0 saturated heterocycles. The molecule has 0 spiro atoms. The van der Waals surface area contributed by atoms with Gasteiger partial charge in [-0.2, -0.15) is 0 Å². The number of halogens is 51. The largest absolute Gasteiger partial charge is 0.478 e. The zero-order valence-corrected chi connectivity index (χ0v) is 39.4. The fraction of sp³-hybridized carbons (Fsp3) is 0.774. The molecule has 54 heteroatoms. The van der Waals surface area contributed by atoms with Gasteiger partial charge in [-0.25, -0.2) is 4.79 Å². The Hall–Kier alpha value is -4.08. The average Bonchev–Trinajstić information content (AvgIpc) is 3.25. The van der Waals surface area contributed by atoms with Crippen LogP contribution in [0.25, 0.3) is 0 Å². The van der Waals surface area contributed by atoms with Gasteiger partial charge in [-0.05, 0) is 12.1 Å². The normalized spacial score (nSPS) is 18.3. The van der Waals surface area contributed by atoms with Crippen LogP contribution in [0.15, 0.2) is 30.3 Å². The standard InChI is InChI=1S/3C8F17.C7H6O2.Sn/c3*9-1(3(12,13)14)2(10,11)4(15,16)5(17,18)6(19,20)7(21,22)8(23,24)25;8-7(9)6-4-2-1-3-5-6;/h;;;1-5H,(H,8,9);. The summed E-state index contributed by atoms with van der Waals surface area (Å²) in [6.07, 6.45) is -61.4. The van der Waals surface area contributed by atoms with Crippen molar-refractivity contribution in [2.45, 2.75) is 137 Å². The first-order valence-corrected chi connectivity index (χ1v) is 22.5. The van der Waals surface area contributed by atoms with Crippen LogP contribution in [-0.2, 0) is 0 Å². The van der Waals surface area contributed by atoms with Crippen molar-refractivity contribution in [3.05, 3.63) is 35.9 Å². The third kappa shape index (κ3) is 10.5. The summed E-state index contributed by atoms with van der Waals surface area (Å²) in [5.41, 5.74) is 0.331. The molecule has 0 fully saturated rings. The predicted octanol–water partition coefficient (Wildman–Crippen LogP) is 17.5. The molecule has 85 heavy (non-hydrogen) atoms. The summed E-state index contributed by atoms with van der Waals surface area (Å²) in [7, 11) is 0. The molecule has 1 aromatic rings. The van der Waals surface area contributed by atoms with Crippen LogP contribution >= 0.6 is 0 Å². The average molecular weight is 1500 g/mol. The van der Waals surface area contributed by atoms with Gasteiger partial charge in [0, 0.05) is 0 Å². The van der Waals surface area contributed by atoms with Crippen molar-refractivity contribution in [2.75, 3.05) is 0 Å². The number of carboxylic acids is 1. The minimum absolute atomic E-state index is 0.331. The molecule has 0 aliphatic carbocycles. The third-order valence-corrected chi connectivity index (χ3v) is 21.3. The fourth-order valence-corrected chi connectivity index (χ4v) is 16.2. The Morgan fingerprint density at radius 2 is 0.365 bits per heavy atom. The summed E-state index contributed by atoms with van der Waals surface area (Å²) in [6.45, 7) is 0. The number of hydrogen-bond donors (Lipinski definition) is 1. The molecule has 0 aromatic heterocycles. The molecule has 0 aliphatic rings. The maximum Gasteiger partial charge on any atom is 0.335 e. The Balaban J connectivity index is 0.00000710. The number of carboxylic acid groups (broad SMARTS) is 1. The minimum Gasteiger partial charge on any atom is -0.478 e. The molecule has 0 amide bonds. The van der Waals surface area contributed by atoms with Crippen molar-refractivity contribution in [3.8, 4) is 0 Å². The molecule has 1 rings (SSSR count). The predicted molar refractivity (Wildman–Crippen MR) is 161 cm³/mol. The number of benzene rings is 1. The van der Waals surface area contributed by atoms with Crippen LogP contribution in [0.4, 0.5) is 224 Å². The molecule has 0 saturated carbocycles. The summed E-state index contributed by atoms with van der Waals surface area (Å²) in [4.78, 5) is 10.2. The first-order chi connectivity index (χ1) is 35.9. The molecule has 1 aromatic carbocycles. The van der Waals surface area contributed by atoms with Crippen molar-refractivity contribution in [1.29, 1.82) is 0 Å². The molecule has 2 nitrogen and oxygen atoms in total. The summed E-state index contributed by atoms with van der Waals surface area (Å²) in [5.74, 6) is -165. The van der Waals surface area contributed by atoms with E-state index in [0.29, 0.717) is 5.56 Å². The van der Waals surface area contributed by atoms with Crippen LogP contribution < -0.4 is 0 Å². The first-order valence-electron chi connectivity index (χ1n) is 18.2. The van der Waals surface area contributed by atoms with Gasteiger partial charge in [-0.1, -0.05) is 18.2 Å². The Bertz CT molecular complexity index is 2270. The van der Waals surface area contributed by atoms with Crippen LogP contribution in [0.2, 0.25) is 0 Å². The third-order valence-electron chi connectivity index (χ3n) is 10.3. The Kier molecular flexibility index (Phi) is 20.0. The minimum atomic E-state index is -15.7. The summed E-state index contributed by atoms with van der Waals surface area (Å²) in [5, 5.41) is 8.38. The van der Waals surface area contributed by atoms with Gasteiger partial charge < -0.3 is 5.11 Å². The van der Waals surface area contributed by atoms with Crippen LogP contribution in [0.1, 0.15) is 10.4 Å². The van der Waals surface area contributed by atoms with E-state index in [1.807, 2.05) is 0 Å². The van der Waals surface area contributed by atoms with E-state index in [0.717, 1.165) is 0 Å². The van der Waals surface area contributed by atoms with Crippen LogP contribution in [0, 0.1) is 0 Å². The van der Waals surface area contributed by atoms with E-state index in [2.05, 4.69) is 0 Å². The molecule has 1 N–H and O–H groups in total. The van der Waals surface area contributed by atoms with Crippen molar-refractivity contribution >= 4 is 25.7 Å². The molecule has 0 bridgehead atoms. The van der Waals surface area contributed by atoms with Gasteiger partial charge in [0.05, 0.1) is 5.56 Å². The molecular formula is C31H6F51O2Sn. The molecule has 503 valence electrons. The van der Waals surface area contributed by atoms with E-state index in [-0.39, 0.29) is 0 Å². The van der Waals surface area contributed by atoms with E-state index in [4.69, 9.17) is 5.11 Å². The quantitative estimate of drug-likeness (QED) is 0.111. The summed E-state index contributed by atoms with van der Waals surface area (Å²) >= 11 is -15.7. The summed E-state index contributed by atoms with van der Waals surface area (Å²) < 4.78 is 680. The second kappa shape index (κ2) is 21.0. The maximum absolute atomic E-state index is 16.2. The summed E-state index contributed by atoms with van der Waals surface area (Å²) in [6, 6.07) is 8.30. The first kappa shape index (κ1) is 80.9. The van der Waals surface area contributed by atoms with Crippen LogP contribution in [-0.4, -0.2) is 168 Å².